The van der Waals surface area contributed by atoms with Crippen molar-refractivity contribution in [1.82, 2.24) is 15.5 Å². The summed E-state index contributed by atoms with van der Waals surface area (Å²) in [5.41, 5.74) is 1.77. The first-order chi connectivity index (χ1) is 20.7. The molecule has 1 aromatic heterocycles. The lowest BCUT2D eigenvalue weighted by Crippen LogP contribution is -2.44. The number of nitrogens with zero attached hydrogens (tertiary/aromatic N) is 3. The maximum atomic E-state index is 12.7. The van der Waals surface area contributed by atoms with Gasteiger partial charge in [-0.1, -0.05) is 70.5 Å². The van der Waals surface area contributed by atoms with Gasteiger partial charge in [0.1, 0.15) is 11.2 Å². The molecular formula is C34H39BrN4O5. The number of fused-ring (bicyclic) bond motifs is 1. The summed E-state index contributed by atoms with van der Waals surface area (Å²) in [5.74, 6) is 0.143. The second-order valence-electron chi connectivity index (χ2n) is 11.9. The fourth-order valence-corrected chi connectivity index (χ4v) is 4.28. The fraction of sp³-hybridized carbons (Fsp3) is 0.324. The predicted molar refractivity (Wildman–Crippen MR) is 177 cm³/mol. The van der Waals surface area contributed by atoms with Gasteiger partial charge >= 0.3 is 12.2 Å². The second-order valence-corrected chi connectivity index (χ2v) is 12.5. The maximum absolute atomic E-state index is 12.7. The van der Waals surface area contributed by atoms with Crippen LogP contribution in [0.2, 0.25) is 0 Å². The van der Waals surface area contributed by atoms with E-state index in [0.29, 0.717) is 11.0 Å². The van der Waals surface area contributed by atoms with Crippen LogP contribution in [0.1, 0.15) is 57.5 Å². The molecule has 1 N–H and O–H groups in total. The quantitative estimate of drug-likeness (QED) is 0.164. The molecule has 0 radical (unpaired) electrons. The van der Waals surface area contributed by atoms with Crippen LogP contribution in [0.3, 0.4) is 0 Å². The number of Topliss-reactive ketones (excluding diaryl/α,β-unsaturated/α-hetero) is 1. The Labute approximate surface area is 267 Å². The minimum absolute atomic E-state index is 0.0219. The number of anilines is 1. The number of carbonyl (C=O) groups is 3. The Morgan fingerprint density at radius 1 is 0.773 bits per heavy atom. The van der Waals surface area contributed by atoms with Gasteiger partial charge in [0.25, 0.3) is 0 Å². The molecule has 0 bridgehead atoms. The van der Waals surface area contributed by atoms with Gasteiger partial charge in [0.15, 0.2) is 11.6 Å². The van der Waals surface area contributed by atoms with Crippen molar-refractivity contribution < 1.29 is 23.9 Å². The highest BCUT2D eigenvalue weighted by Crippen LogP contribution is 2.23. The van der Waals surface area contributed by atoms with E-state index in [0.717, 1.165) is 33.5 Å². The average molecular weight is 664 g/mol. The van der Waals surface area contributed by atoms with E-state index in [9.17, 15) is 14.4 Å². The Morgan fingerprint density at radius 3 is 1.95 bits per heavy atom. The average Bonchev–Trinajstić information content (AvgIpc) is 2.96. The molecular weight excluding hydrogens is 624 g/mol. The number of hydrogen-bond donors (Lipinski definition) is 1. The third-order valence-corrected chi connectivity index (χ3v) is 6.34. The number of halogens is 1. The molecule has 0 spiro atoms. The molecule has 4 rings (SSSR count). The lowest BCUT2D eigenvalue weighted by Gasteiger charge is -2.27. The van der Waals surface area contributed by atoms with E-state index >= 15 is 0 Å². The van der Waals surface area contributed by atoms with E-state index in [1.54, 1.807) is 53.7 Å². The highest BCUT2D eigenvalue weighted by atomic mass is 79.9. The molecule has 232 valence electrons. The molecule has 0 aliphatic carbocycles. The van der Waals surface area contributed by atoms with E-state index in [-0.39, 0.29) is 11.6 Å². The van der Waals surface area contributed by atoms with Crippen molar-refractivity contribution in [3.8, 4) is 11.3 Å². The van der Waals surface area contributed by atoms with E-state index < -0.39 is 23.4 Å². The summed E-state index contributed by atoms with van der Waals surface area (Å²) in [6, 6.07) is 24.9. The normalized spacial score (nSPS) is 11.3. The number of benzene rings is 3. The Hall–Kier alpha value is -4.15. The van der Waals surface area contributed by atoms with Gasteiger partial charge in [-0.05, 0) is 89.2 Å². The number of aromatic nitrogens is 2. The van der Waals surface area contributed by atoms with Crippen LogP contribution in [0.4, 0.5) is 15.4 Å². The smallest absolute Gasteiger partial charge is 0.425 e. The molecule has 0 saturated carbocycles. The topological polar surface area (TPSA) is 111 Å². The Morgan fingerprint density at radius 2 is 1.41 bits per heavy atom. The van der Waals surface area contributed by atoms with Gasteiger partial charge in [-0.3, -0.25) is 4.79 Å². The zero-order valence-corrected chi connectivity index (χ0v) is 27.8. The predicted octanol–water partition coefficient (Wildman–Crippen LogP) is 7.96. The van der Waals surface area contributed by atoms with Crippen molar-refractivity contribution in [3.63, 3.8) is 0 Å². The van der Waals surface area contributed by atoms with E-state index in [2.05, 4.69) is 31.4 Å². The number of alkyl halides is 1. The molecule has 0 aliphatic heterocycles. The van der Waals surface area contributed by atoms with Gasteiger partial charge in [0.05, 0.1) is 11.0 Å². The Kier molecular flexibility index (Phi) is 11.7. The lowest BCUT2D eigenvalue weighted by molar-refractivity contribution is 0.0428. The van der Waals surface area contributed by atoms with Crippen LogP contribution < -0.4 is 10.2 Å². The maximum Gasteiger partial charge on any atom is 0.425 e. The summed E-state index contributed by atoms with van der Waals surface area (Å²) in [6.07, 6.45) is -1.76. The highest BCUT2D eigenvalue weighted by Gasteiger charge is 2.33. The van der Waals surface area contributed by atoms with Gasteiger partial charge in [0, 0.05) is 17.7 Å². The number of amides is 2. The van der Waals surface area contributed by atoms with Crippen LogP contribution in [-0.2, 0) is 16.0 Å². The number of carbonyl (C=O) groups excluding carboxylic acids is 3. The third-order valence-electron chi connectivity index (χ3n) is 5.83. The van der Waals surface area contributed by atoms with Crippen molar-refractivity contribution in [3.05, 3.63) is 90.0 Å². The molecule has 44 heavy (non-hydrogen) atoms. The van der Waals surface area contributed by atoms with Crippen molar-refractivity contribution in [2.24, 2.45) is 0 Å². The zero-order chi connectivity index (χ0) is 32.5. The van der Waals surface area contributed by atoms with Crippen LogP contribution in [0, 0.1) is 0 Å². The SMILES string of the molecule is CNCc1cccc(-c2ccc(N(C(=O)OC(C)(C)C)C(=O)OC(C)(C)C)nn2)c1.O=C(CBr)c1ccc2ccccc2c1. The molecule has 3 aromatic carbocycles. The lowest BCUT2D eigenvalue weighted by atomic mass is 10.1. The number of rotatable bonds is 6. The Balaban J connectivity index is 0.000000312. The van der Waals surface area contributed by atoms with Crippen LogP contribution in [0.25, 0.3) is 22.0 Å². The van der Waals surface area contributed by atoms with Crippen LogP contribution in [-0.4, -0.2) is 51.7 Å². The standard InChI is InChI=1S/C22H30N4O4.C12H9BrO/c1-21(2,3)29-19(27)26(20(28)30-22(4,5)6)18-12-11-17(24-25-18)16-10-8-9-15(13-16)14-23-7;13-8-12(14)11-6-5-9-3-1-2-4-10(9)7-11/h8-13,23H,14H2,1-7H3;1-7H,8H2. The molecule has 1 heterocycles. The van der Waals surface area contributed by atoms with Gasteiger partial charge in [-0.2, -0.15) is 4.90 Å². The van der Waals surface area contributed by atoms with Gasteiger partial charge < -0.3 is 14.8 Å². The summed E-state index contributed by atoms with van der Waals surface area (Å²) in [5, 5.41) is 14.1. The number of ketones is 1. The van der Waals surface area contributed by atoms with Crippen molar-refractivity contribution in [2.75, 3.05) is 17.3 Å². The van der Waals surface area contributed by atoms with Crippen LogP contribution >= 0.6 is 15.9 Å². The van der Waals surface area contributed by atoms with Crippen molar-refractivity contribution in [2.45, 2.75) is 59.3 Å². The summed E-state index contributed by atoms with van der Waals surface area (Å²) >= 11 is 3.17. The minimum atomic E-state index is -0.880. The van der Waals surface area contributed by atoms with E-state index in [1.165, 1.54) is 5.39 Å². The summed E-state index contributed by atoms with van der Waals surface area (Å²) in [7, 11) is 1.88. The van der Waals surface area contributed by atoms with Gasteiger partial charge in [-0.25, -0.2) is 9.59 Å². The molecule has 9 nitrogen and oxygen atoms in total. The molecule has 2 amide bonds. The first-order valence-corrected chi connectivity index (χ1v) is 15.2. The Bertz CT molecular complexity index is 1570. The van der Waals surface area contributed by atoms with Crippen molar-refractivity contribution in [1.29, 1.82) is 0 Å². The molecule has 4 aromatic rings. The summed E-state index contributed by atoms with van der Waals surface area (Å²) < 4.78 is 10.7. The first-order valence-electron chi connectivity index (χ1n) is 14.1. The van der Waals surface area contributed by atoms with Gasteiger partial charge in [-0.15, -0.1) is 10.2 Å². The number of hydrogen-bond acceptors (Lipinski definition) is 8. The number of ether oxygens (including phenoxy) is 2. The van der Waals surface area contributed by atoms with Gasteiger partial charge in [0.2, 0.25) is 0 Å². The monoisotopic (exact) mass is 662 g/mol. The van der Waals surface area contributed by atoms with E-state index in [1.807, 2.05) is 73.8 Å². The first kappa shape index (κ1) is 34.3. The van der Waals surface area contributed by atoms with Crippen molar-refractivity contribution >= 4 is 50.5 Å². The molecule has 0 saturated heterocycles. The number of imide groups is 1. The molecule has 0 aliphatic rings. The fourth-order valence-electron chi connectivity index (χ4n) is 3.96. The summed E-state index contributed by atoms with van der Waals surface area (Å²) in [6.45, 7) is 11.0. The zero-order valence-electron chi connectivity index (χ0n) is 26.2. The van der Waals surface area contributed by atoms with Crippen LogP contribution in [0.15, 0.2) is 78.9 Å². The molecule has 0 atom stereocenters. The minimum Gasteiger partial charge on any atom is -0.443 e. The molecule has 10 heteroatoms. The highest BCUT2D eigenvalue weighted by molar-refractivity contribution is 9.09. The molecule has 0 unspecified atom stereocenters. The molecule has 0 fully saturated rings. The summed E-state index contributed by atoms with van der Waals surface area (Å²) in [4.78, 5) is 37.5. The number of nitrogens with one attached hydrogen (secondary N) is 1. The largest absolute Gasteiger partial charge is 0.443 e. The van der Waals surface area contributed by atoms with Crippen LogP contribution in [0.5, 0.6) is 0 Å². The second kappa shape index (κ2) is 15.0. The van der Waals surface area contributed by atoms with E-state index in [4.69, 9.17) is 9.47 Å². The third kappa shape index (κ3) is 10.2.